The van der Waals surface area contributed by atoms with Gasteiger partial charge in [0.1, 0.15) is 23.9 Å². The van der Waals surface area contributed by atoms with Gasteiger partial charge in [0.2, 0.25) is 0 Å². The van der Waals surface area contributed by atoms with Crippen LogP contribution in [-0.4, -0.2) is 15.9 Å². The summed E-state index contributed by atoms with van der Waals surface area (Å²) >= 11 is 6.16. The third-order valence-electron chi connectivity index (χ3n) is 4.40. The van der Waals surface area contributed by atoms with Crippen LogP contribution in [0.25, 0.3) is 11.0 Å². The predicted molar refractivity (Wildman–Crippen MR) is 108 cm³/mol. The highest BCUT2D eigenvalue weighted by atomic mass is 35.5. The average molecular weight is 433 g/mol. The molecule has 0 bridgehead atoms. The summed E-state index contributed by atoms with van der Waals surface area (Å²) < 4.78 is 48.8. The van der Waals surface area contributed by atoms with Gasteiger partial charge in [-0.2, -0.15) is 0 Å². The number of imidazole rings is 1. The molecule has 0 aliphatic carbocycles. The van der Waals surface area contributed by atoms with Crippen molar-refractivity contribution in [3.05, 3.63) is 89.2 Å². The van der Waals surface area contributed by atoms with E-state index in [0.29, 0.717) is 23.1 Å². The van der Waals surface area contributed by atoms with Gasteiger partial charge in [0.15, 0.2) is 0 Å². The third kappa shape index (κ3) is 4.86. The lowest BCUT2D eigenvalue weighted by molar-refractivity contribution is -0.274. The number of ether oxygens (including phenoxy) is 2. The summed E-state index contributed by atoms with van der Waals surface area (Å²) in [6, 6.07) is 20.5. The van der Waals surface area contributed by atoms with Crippen molar-refractivity contribution in [3.63, 3.8) is 0 Å². The Kier molecular flexibility index (Phi) is 5.55. The highest BCUT2D eigenvalue weighted by Crippen LogP contribution is 2.25. The first-order valence-electron chi connectivity index (χ1n) is 9.04. The monoisotopic (exact) mass is 432 g/mol. The summed E-state index contributed by atoms with van der Waals surface area (Å²) in [7, 11) is 0. The maximum atomic E-state index is 12.4. The first kappa shape index (κ1) is 20.1. The van der Waals surface area contributed by atoms with Crippen molar-refractivity contribution in [2.45, 2.75) is 19.5 Å². The SMILES string of the molecule is FC(F)(F)Oc1ccc(Cn2c(COc3ccccc3)nc3ccc(Cl)cc32)cc1. The normalized spacial score (nSPS) is 11.6. The number of hydrogen-bond acceptors (Lipinski definition) is 3. The summed E-state index contributed by atoms with van der Waals surface area (Å²) in [4.78, 5) is 4.64. The molecule has 0 N–H and O–H groups in total. The number of halogens is 4. The van der Waals surface area contributed by atoms with Gasteiger partial charge in [-0.3, -0.25) is 0 Å². The van der Waals surface area contributed by atoms with E-state index in [2.05, 4.69) is 9.72 Å². The minimum absolute atomic E-state index is 0.228. The minimum Gasteiger partial charge on any atom is -0.486 e. The second-order valence-corrected chi connectivity index (χ2v) is 6.98. The molecule has 30 heavy (non-hydrogen) atoms. The zero-order valence-corrected chi connectivity index (χ0v) is 16.3. The fourth-order valence-corrected chi connectivity index (χ4v) is 3.24. The molecule has 154 valence electrons. The molecule has 0 atom stereocenters. The largest absolute Gasteiger partial charge is 0.573 e. The van der Waals surface area contributed by atoms with Gasteiger partial charge in [-0.1, -0.05) is 41.9 Å². The van der Waals surface area contributed by atoms with Gasteiger partial charge in [-0.05, 0) is 48.0 Å². The fourth-order valence-electron chi connectivity index (χ4n) is 3.08. The zero-order valence-electron chi connectivity index (χ0n) is 15.6. The summed E-state index contributed by atoms with van der Waals surface area (Å²) in [5, 5.41) is 0.563. The Morgan fingerprint density at radius 2 is 1.63 bits per heavy atom. The van der Waals surface area contributed by atoms with E-state index in [4.69, 9.17) is 16.3 Å². The molecular formula is C22H16ClF3N2O2. The fraction of sp³-hybridized carbons (Fsp3) is 0.136. The van der Waals surface area contributed by atoms with Crippen molar-refractivity contribution in [1.82, 2.24) is 9.55 Å². The number of rotatable bonds is 6. The molecule has 0 spiro atoms. The number of para-hydroxylation sites is 1. The summed E-state index contributed by atoms with van der Waals surface area (Å²) in [5.41, 5.74) is 2.35. The number of aromatic nitrogens is 2. The smallest absolute Gasteiger partial charge is 0.486 e. The Morgan fingerprint density at radius 3 is 2.33 bits per heavy atom. The van der Waals surface area contributed by atoms with Crippen LogP contribution >= 0.6 is 11.6 Å². The van der Waals surface area contributed by atoms with Crippen LogP contribution in [0, 0.1) is 0 Å². The number of fused-ring (bicyclic) bond motifs is 1. The molecule has 0 fully saturated rings. The second-order valence-electron chi connectivity index (χ2n) is 6.54. The van der Waals surface area contributed by atoms with Gasteiger partial charge in [0, 0.05) is 11.6 Å². The first-order chi connectivity index (χ1) is 14.4. The molecule has 8 heteroatoms. The van der Waals surface area contributed by atoms with Crippen LogP contribution in [0.4, 0.5) is 13.2 Å². The number of benzene rings is 3. The molecule has 0 aliphatic rings. The van der Waals surface area contributed by atoms with Crippen molar-refractivity contribution >= 4 is 22.6 Å². The number of nitrogens with zero attached hydrogens (tertiary/aromatic N) is 2. The Morgan fingerprint density at radius 1 is 0.900 bits per heavy atom. The van der Waals surface area contributed by atoms with Gasteiger partial charge in [0.05, 0.1) is 11.0 Å². The summed E-state index contributed by atoms with van der Waals surface area (Å²) in [6.07, 6.45) is -4.72. The second kappa shape index (κ2) is 8.28. The molecule has 0 radical (unpaired) electrons. The molecule has 0 unspecified atom stereocenters. The van der Waals surface area contributed by atoms with Crippen LogP contribution in [-0.2, 0) is 13.2 Å². The molecule has 1 aromatic heterocycles. The molecular weight excluding hydrogens is 417 g/mol. The minimum atomic E-state index is -4.72. The molecule has 0 aliphatic heterocycles. The van der Waals surface area contributed by atoms with Gasteiger partial charge in [-0.25, -0.2) is 4.98 Å². The van der Waals surface area contributed by atoms with Crippen molar-refractivity contribution in [2.75, 3.05) is 0 Å². The van der Waals surface area contributed by atoms with E-state index in [1.165, 1.54) is 12.1 Å². The van der Waals surface area contributed by atoms with E-state index < -0.39 is 6.36 Å². The van der Waals surface area contributed by atoms with E-state index in [1.54, 1.807) is 24.3 Å². The lowest BCUT2D eigenvalue weighted by Crippen LogP contribution is -2.17. The van der Waals surface area contributed by atoms with Gasteiger partial charge >= 0.3 is 6.36 Å². The highest BCUT2D eigenvalue weighted by molar-refractivity contribution is 6.31. The van der Waals surface area contributed by atoms with Crippen molar-refractivity contribution in [1.29, 1.82) is 0 Å². The standard InChI is InChI=1S/C22H16ClF3N2O2/c23-16-8-11-19-20(12-16)28(21(27-19)14-29-17-4-2-1-3-5-17)13-15-6-9-18(10-7-15)30-22(24,25)26/h1-12H,13-14H2. The zero-order chi connectivity index (χ0) is 21.1. The topological polar surface area (TPSA) is 36.3 Å². The van der Waals surface area contributed by atoms with E-state index >= 15 is 0 Å². The summed E-state index contributed by atoms with van der Waals surface area (Å²) in [6.45, 7) is 0.613. The molecule has 0 saturated carbocycles. The first-order valence-corrected chi connectivity index (χ1v) is 9.42. The van der Waals surface area contributed by atoms with Crippen molar-refractivity contribution < 1.29 is 22.6 Å². The van der Waals surface area contributed by atoms with Gasteiger partial charge in [-0.15, -0.1) is 13.2 Å². The van der Waals surface area contributed by atoms with Crippen molar-refractivity contribution in [2.24, 2.45) is 0 Å². The van der Waals surface area contributed by atoms with E-state index in [1.807, 2.05) is 41.0 Å². The van der Waals surface area contributed by atoms with E-state index in [0.717, 1.165) is 16.6 Å². The maximum absolute atomic E-state index is 12.4. The van der Waals surface area contributed by atoms with E-state index in [9.17, 15) is 13.2 Å². The Labute approximate surface area is 175 Å². The predicted octanol–water partition coefficient (Wildman–Crippen LogP) is 6.22. The Bertz CT molecular complexity index is 1140. The summed E-state index contributed by atoms with van der Waals surface area (Å²) in [5.74, 6) is 1.12. The lowest BCUT2D eigenvalue weighted by atomic mass is 10.2. The Balaban J connectivity index is 1.62. The van der Waals surface area contributed by atoms with Crippen LogP contribution in [0.2, 0.25) is 5.02 Å². The molecule has 0 saturated heterocycles. The molecule has 3 aromatic carbocycles. The van der Waals surface area contributed by atoms with Crippen LogP contribution in [0.15, 0.2) is 72.8 Å². The third-order valence-corrected chi connectivity index (χ3v) is 4.63. The molecule has 0 amide bonds. The highest BCUT2D eigenvalue weighted by Gasteiger charge is 2.30. The van der Waals surface area contributed by atoms with E-state index in [-0.39, 0.29) is 12.4 Å². The average Bonchev–Trinajstić information content (AvgIpc) is 3.04. The molecule has 4 aromatic rings. The lowest BCUT2D eigenvalue weighted by Gasteiger charge is -2.12. The number of alkyl halides is 3. The maximum Gasteiger partial charge on any atom is 0.573 e. The van der Waals surface area contributed by atoms with Crippen LogP contribution in [0.5, 0.6) is 11.5 Å². The van der Waals surface area contributed by atoms with Crippen LogP contribution in [0.3, 0.4) is 0 Å². The quantitative estimate of drug-likeness (QED) is 0.363. The van der Waals surface area contributed by atoms with Crippen molar-refractivity contribution in [3.8, 4) is 11.5 Å². The Hall–Kier alpha value is -3.19. The molecule has 4 rings (SSSR count). The molecule has 4 nitrogen and oxygen atoms in total. The van der Waals surface area contributed by atoms with Gasteiger partial charge in [0.25, 0.3) is 0 Å². The van der Waals surface area contributed by atoms with Gasteiger partial charge < -0.3 is 14.0 Å². The molecule has 1 heterocycles. The number of hydrogen-bond donors (Lipinski definition) is 0. The van der Waals surface area contributed by atoms with Crippen LogP contribution < -0.4 is 9.47 Å². The van der Waals surface area contributed by atoms with Crippen LogP contribution in [0.1, 0.15) is 11.4 Å².